The second-order valence-corrected chi connectivity index (χ2v) is 5.66. The molecule has 0 saturated carbocycles. The van der Waals surface area contributed by atoms with E-state index in [0.717, 1.165) is 12.1 Å². The zero-order valence-corrected chi connectivity index (χ0v) is 13.1. The molecule has 2 heterocycles. The van der Waals surface area contributed by atoms with Gasteiger partial charge >= 0.3 is 0 Å². The SMILES string of the molecule is CCc1csc(NC(=O)c2cc(Cl)ccc2-n2cnnn2)n1. The monoisotopic (exact) mass is 334 g/mol. The molecule has 3 rings (SSSR count). The molecular formula is C13H11ClN6OS. The fraction of sp³-hybridized carbons (Fsp3) is 0.154. The van der Waals surface area contributed by atoms with Gasteiger partial charge in [-0.05, 0) is 35.0 Å². The van der Waals surface area contributed by atoms with Crippen molar-refractivity contribution in [2.24, 2.45) is 0 Å². The Labute approximate surface area is 134 Å². The summed E-state index contributed by atoms with van der Waals surface area (Å²) in [5.41, 5.74) is 1.85. The fourth-order valence-electron chi connectivity index (χ4n) is 1.85. The predicted molar refractivity (Wildman–Crippen MR) is 83.6 cm³/mol. The van der Waals surface area contributed by atoms with E-state index in [-0.39, 0.29) is 5.91 Å². The van der Waals surface area contributed by atoms with Crippen LogP contribution in [0.15, 0.2) is 29.9 Å². The van der Waals surface area contributed by atoms with E-state index in [2.05, 4.69) is 25.8 Å². The molecule has 112 valence electrons. The van der Waals surface area contributed by atoms with Gasteiger partial charge < -0.3 is 0 Å². The van der Waals surface area contributed by atoms with Crippen LogP contribution in [-0.2, 0) is 6.42 Å². The number of nitrogens with zero attached hydrogens (tertiary/aromatic N) is 5. The number of anilines is 1. The van der Waals surface area contributed by atoms with Crippen LogP contribution in [0.3, 0.4) is 0 Å². The number of benzene rings is 1. The molecule has 1 N–H and O–H groups in total. The van der Waals surface area contributed by atoms with E-state index in [1.54, 1.807) is 18.2 Å². The van der Waals surface area contributed by atoms with Crippen LogP contribution in [0.4, 0.5) is 5.13 Å². The first-order valence-corrected chi connectivity index (χ1v) is 7.72. The summed E-state index contributed by atoms with van der Waals surface area (Å²) >= 11 is 7.38. The number of rotatable bonds is 4. The third-order valence-corrected chi connectivity index (χ3v) is 3.98. The Bertz CT molecular complexity index is 801. The van der Waals surface area contributed by atoms with Crippen molar-refractivity contribution >= 4 is 34.0 Å². The minimum atomic E-state index is -0.315. The summed E-state index contributed by atoms with van der Waals surface area (Å²) in [5.74, 6) is -0.315. The number of tetrazole rings is 1. The second-order valence-electron chi connectivity index (χ2n) is 4.37. The maximum Gasteiger partial charge on any atom is 0.259 e. The van der Waals surface area contributed by atoms with E-state index in [0.29, 0.717) is 21.4 Å². The molecule has 0 spiro atoms. The number of nitrogens with one attached hydrogen (secondary N) is 1. The minimum absolute atomic E-state index is 0.315. The third kappa shape index (κ3) is 2.97. The summed E-state index contributed by atoms with van der Waals surface area (Å²) in [6.45, 7) is 2.01. The smallest absolute Gasteiger partial charge is 0.259 e. The third-order valence-electron chi connectivity index (χ3n) is 2.93. The lowest BCUT2D eigenvalue weighted by molar-refractivity contribution is 0.102. The normalized spacial score (nSPS) is 10.6. The molecule has 22 heavy (non-hydrogen) atoms. The lowest BCUT2D eigenvalue weighted by Gasteiger charge is -2.08. The Morgan fingerprint density at radius 1 is 1.45 bits per heavy atom. The summed E-state index contributed by atoms with van der Waals surface area (Å²) in [7, 11) is 0. The van der Waals surface area contributed by atoms with Gasteiger partial charge in [0.25, 0.3) is 5.91 Å². The van der Waals surface area contributed by atoms with Gasteiger partial charge in [-0.3, -0.25) is 10.1 Å². The van der Waals surface area contributed by atoms with Gasteiger partial charge in [0.1, 0.15) is 6.33 Å². The highest BCUT2D eigenvalue weighted by Crippen LogP contribution is 2.22. The highest BCUT2D eigenvalue weighted by Gasteiger charge is 2.16. The lowest BCUT2D eigenvalue weighted by Crippen LogP contribution is -2.15. The van der Waals surface area contributed by atoms with Crippen molar-refractivity contribution in [3.63, 3.8) is 0 Å². The van der Waals surface area contributed by atoms with Crippen LogP contribution < -0.4 is 5.32 Å². The van der Waals surface area contributed by atoms with Gasteiger partial charge in [0.15, 0.2) is 5.13 Å². The van der Waals surface area contributed by atoms with Crippen LogP contribution in [0.2, 0.25) is 5.02 Å². The van der Waals surface area contributed by atoms with Crippen molar-refractivity contribution in [2.75, 3.05) is 5.32 Å². The average Bonchev–Trinajstić information content (AvgIpc) is 3.18. The van der Waals surface area contributed by atoms with Gasteiger partial charge in [0, 0.05) is 10.4 Å². The molecule has 0 aliphatic rings. The molecule has 0 saturated heterocycles. The average molecular weight is 335 g/mol. The number of hydrogen-bond donors (Lipinski definition) is 1. The summed E-state index contributed by atoms with van der Waals surface area (Å²) in [6, 6.07) is 4.93. The van der Waals surface area contributed by atoms with Crippen molar-refractivity contribution in [1.29, 1.82) is 0 Å². The van der Waals surface area contributed by atoms with E-state index in [1.807, 2.05) is 12.3 Å². The van der Waals surface area contributed by atoms with Gasteiger partial charge in [-0.15, -0.1) is 16.4 Å². The zero-order chi connectivity index (χ0) is 15.5. The maximum atomic E-state index is 12.5. The van der Waals surface area contributed by atoms with E-state index in [9.17, 15) is 4.79 Å². The van der Waals surface area contributed by atoms with Crippen molar-refractivity contribution in [3.8, 4) is 5.69 Å². The standard InChI is InChI=1S/C13H11ClN6OS/c1-2-9-6-22-13(16-9)17-12(21)10-5-8(14)3-4-11(10)20-7-15-18-19-20/h3-7H,2H2,1H3,(H,16,17,21). The Morgan fingerprint density at radius 2 is 2.32 bits per heavy atom. The van der Waals surface area contributed by atoms with Crippen LogP contribution in [0, 0.1) is 0 Å². The number of aromatic nitrogens is 5. The number of hydrogen-bond acceptors (Lipinski definition) is 6. The van der Waals surface area contributed by atoms with Crippen LogP contribution in [0.1, 0.15) is 23.0 Å². The van der Waals surface area contributed by atoms with E-state index < -0.39 is 0 Å². The fourth-order valence-corrected chi connectivity index (χ4v) is 2.81. The molecule has 0 fully saturated rings. The molecule has 0 bridgehead atoms. The quantitative estimate of drug-likeness (QED) is 0.792. The number of amides is 1. The largest absolute Gasteiger partial charge is 0.298 e. The molecule has 0 aliphatic carbocycles. The van der Waals surface area contributed by atoms with Crippen LogP contribution >= 0.6 is 22.9 Å². The summed E-state index contributed by atoms with van der Waals surface area (Å²) < 4.78 is 1.41. The Hall–Kier alpha value is -2.32. The summed E-state index contributed by atoms with van der Waals surface area (Å²) in [5, 5.41) is 16.6. The van der Waals surface area contributed by atoms with Gasteiger partial charge in [-0.25, -0.2) is 4.98 Å². The minimum Gasteiger partial charge on any atom is -0.298 e. The number of carbonyl (C=O) groups is 1. The molecule has 9 heteroatoms. The number of carbonyl (C=O) groups excluding carboxylic acids is 1. The second kappa shape index (κ2) is 6.20. The van der Waals surface area contributed by atoms with E-state index in [1.165, 1.54) is 22.3 Å². The number of thiazole rings is 1. The molecule has 2 aromatic heterocycles. The van der Waals surface area contributed by atoms with Crippen molar-refractivity contribution < 1.29 is 4.79 Å². The van der Waals surface area contributed by atoms with E-state index >= 15 is 0 Å². The number of halogens is 1. The van der Waals surface area contributed by atoms with Gasteiger partial charge in [0.05, 0.1) is 16.9 Å². The van der Waals surface area contributed by atoms with Crippen LogP contribution in [-0.4, -0.2) is 31.1 Å². The molecule has 0 atom stereocenters. The highest BCUT2D eigenvalue weighted by atomic mass is 35.5. The van der Waals surface area contributed by atoms with Crippen molar-refractivity contribution in [3.05, 3.63) is 46.2 Å². The Balaban J connectivity index is 1.93. The molecule has 0 aliphatic heterocycles. The first-order chi connectivity index (χ1) is 10.7. The van der Waals surface area contributed by atoms with Gasteiger partial charge in [0.2, 0.25) is 0 Å². The molecule has 0 unspecified atom stereocenters. The predicted octanol–water partition coefficient (Wildman–Crippen LogP) is 2.59. The summed E-state index contributed by atoms with van der Waals surface area (Å²) in [4.78, 5) is 16.8. The summed E-state index contributed by atoms with van der Waals surface area (Å²) in [6.07, 6.45) is 2.23. The van der Waals surface area contributed by atoms with Gasteiger partial charge in [-0.2, -0.15) is 4.68 Å². The Kier molecular flexibility index (Phi) is 4.12. The molecule has 7 nitrogen and oxygen atoms in total. The first-order valence-electron chi connectivity index (χ1n) is 6.46. The Morgan fingerprint density at radius 3 is 3.00 bits per heavy atom. The zero-order valence-electron chi connectivity index (χ0n) is 11.5. The van der Waals surface area contributed by atoms with Gasteiger partial charge in [-0.1, -0.05) is 18.5 Å². The van der Waals surface area contributed by atoms with Crippen LogP contribution in [0.25, 0.3) is 5.69 Å². The van der Waals surface area contributed by atoms with Crippen molar-refractivity contribution in [1.82, 2.24) is 25.2 Å². The van der Waals surface area contributed by atoms with Crippen LogP contribution in [0.5, 0.6) is 0 Å². The maximum absolute atomic E-state index is 12.5. The van der Waals surface area contributed by atoms with Crippen molar-refractivity contribution in [2.45, 2.75) is 13.3 Å². The molecular weight excluding hydrogens is 324 g/mol. The van der Waals surface area contributed by atoms with E-state index in [4.69, 9.17) is 11.6 Å². The topological polar surface area (TPSA) is 85.6 Å². The molecule has 0 radical (unpaired) electrons. The number of aryl methyl sites for hydroxylation is 1. The molecule has 1 amide bonds. The first kappa shape index (κ1) is 14.6. The molecule has 1 aromatic carbocycles. The highest BCUT2D eigenvalue weighted by molar-refractivity contribution is 7.14. The molecule has 3 aromatic rings. The lowest BCUT2D eigenvalue weighted by atomic mass is 10.1.